The van der Waals surface area contributed by atoms with Crippen LogP contribution in [0.4, 0.5) is 18.9 Å². The maximum absolute atomic E-state index is 14.1. The molecular formula is C28H32F3N7O. The molecule has 1 N–H and O–H groups in total. The van der Waals surface area contributed by atoms with Crippen molar-refractivity contribution in [3.8, 4) is 6.07 Å². The second-order valence-corrected chi connectivity index (χ2v) is 10.7. The molecule has 2 saturated heterocycles. The zero-order chi connectivity index (χ0) is 27.6. The molecule has 2 fully saturated rings. The van der Waals surface area contributed by atoms with Gasteiger partial charge in [0, 0.05) is 37.9 Å². The number of nitriles is 1. The molecule has 1 unspecified atom stereocenters. The van der Waals surface area contributed by atoms with Crippen molar-refractivity contribution in [2.75, 3.05) is 31.6 Å². The number of alkyl halides is 3. The van der Waals surface area contributed by atoms with Gasteiger partial charge >= 0.3 is 6.18 Å². The lowest BCUT2D eigenvalue weighted by molar-refractivity contribution is -0.138. The monoisotopic (exact) mass is 539 g/mol. The smallest absolute Gasteiger partial charge is 0.381 e. The lowest BCUT2D eigenvalue weighted by Gasteiger charge is -2.33. The first-order valence-electron chi connectivity index (χ1n) is 13.2. The number of anilines is 1. The van der Waals surface area contributed by atoms with E-state index in [1.54, 1.807) is 24.7 Å². The molecule has 39 heavy (non-hydrogen) atoms. The Labute approximate surface area is 225 Å². The summed E-state index contributed by atoms with van der Waals surface area (Å²) in [6, 6.07) is 8.67. The van der Waals surface area contributed by atoms with Crippen molar-refractivity contribution in [2.24, 2.45) is 18.9 Å². The summed E-state index contributed by atoms with van der Waals surface area (Å²) in [7, 11) is 1.86. The van der Waals surface area contributed by atoms with Gasteiger partial charge in [-0.25, -0.2) is 0 Å². The number of rotatable bonds is 8. The largest absolute Gasteiger partial charge is 0.418 e. The van der Waals surface area contributed by atoms with Gasteiger partial charge in [0.05, 0.1) is 48.6 Å². The summed E-state index contributed by atoms with van der Waals surface area (Å²) in [4.78, 5) is 6.43. The molecule has 2 aliphatic rings. The molecule has 11 heteroatoms. The van der Waals surface area contributed by atoms with Crippen molar-refractivity contribution in [1.29, 1.82) is 5.26 Å². The van der Waals surface area contributed by atoms with E-state index in [2.05, 4.69) is 38.4 Å². The molecule has 1 aromatic carbocycles. The minimum Gasteiger partial charge on any atom is -0.381 e. The third-order valence-electron chi connectivity index (χ3n) is 7.54. The van der Waals surface area contributed by atoms with E-state index < -0.39 is 11.7 Å². The summed E-state index contributed by atoms with van der Waals surface area (Å²) in [5.41, 5.74) is 1.51. The molecule has 2 aromatic heterocycles. The molecular weight excluding hydrogens is 507 g/mol. The maximum Gasteiger partial charge on any atom is 0.418 e. The fourth-order valence-corrected chi connectivity index (χ4v) is 5.53. The van der Waals surface area contributed by atoms with E-state index in [0.717, 1.165) is 37.3 Å². The van der Waals surface area contributed by atoms with Crippen LogP contribution in [0.2, 0.25) is 0 Å². The topological polar surface area (TPSA) is 91.9 Å². The Balaban J connectivity index is 1.39. The van der Waals surface area contributed by atoms with Crippen LogP contribution in [0.1, 0.15) is 59.5 Å². The Bertz CT molecular complexity index is 1350. The number of aryl methyl sites for hydroxylation is 1. The van der Waals surface area contributed by atoms with Crippen LogP contribution in [0.25, 0.3) is 0 Å². The van der Waals surface area contributed by atoms with Gasteiger partial charge in [0.1, 0.15) is 12.2 Å². The highest BCUT2D eigenvalue weighted by molar-refractivity contribution is 5.54. The minimum absolute atomic E-state index is 0.0839. The van der Waals surface area contributed by atoms with Crippen LogP contribution in [0.15, 0.2) is 36.8 Å². The molecule has 206 valence electrons. The van der Waals surface area contributed by atoms with Crippen molar-refractivity contribution in [1.82, 2.24) is 24.6 Å². The van der Waals surface area contributed by atoms with Crippen molar-refractivity contribution in [3.05, 3.63) is 70.6 Å². The summed E-state index contributed by atoms with van der Waals surface area (Å²) in [5.74, 6) is 1.27. The third-order valence-corrected chi connectivity index (χ3v) is 7.54. The van der Waals surface area contributed by atoms with Crippen LogP contribution in [0, 0.1) is 23.2 Å². The Morgan fingerprint density at radius 3 is 2.69 bits per heavy atom. The van der Waals surface area contributed by atoms with Crippen molar-refractivity contribution < 1.29 is 17.9 Å². The molecule has 2 aliphatic heterocycles. The van der Waals surface area contributed by atoms with Gasteiger partial charge in [-0.05, 0) is 60.7 Å². The van der Waals surface area contributed by atoms with E-state index in [1.165, 1.54) is 6.07 Å². The Hall–Kier alpha value is -3.49. The summed E-state index contributed by atoms with van der Waals surface area (Å²) in [6.07, 6.45) is 0.835. The van der Waals surface area contributed by atoms with Gasteiger partial charge in [-0.3, -0.25) is 9.88 Å². The normalized spacial score (nSPS) is 19.3. The van der Waals surface area contributed by atoms with Crippen LogP contribution in [0.3, 0.4) is 0 Å². The second kappa shape index (κ2) is 11.3. The molecule has 5 rings (SSSR count). The molecule has 0 saturated carbocycles. The Morgan fingerprint density at radius 2 is 2.05 bits per heavy atom. The van der Waals surface area contributed by atoms with Gasteiger partial charge in [-0.2, -0.15) is 18.4 Å². The minimum atomic E-state index is -4.53. The second-order valence-electron chi connectivity index (χ2n) is 10.7. The number of hydrogen-bond donors (Lipinski definition) is 1. The molecule has 0 amide bonds. The number of likely N-dealkylation sites (tertiary alicyclic amines) is 1. The number of piperidine rings is 1. The number of hydrogen-bond acceptors (Lipinski definition) is 7. The number of aromatic nitrogens is 4. The molecule has 0 spiro atoms. The first kappa shape index (κ1) is 27.1. The van der Waals surface area contributed by atoms with Gasteiger partial charge in [0.25, 0.3) is 0 Å². The number of nitrogens with one attached hydrogen (secondary N) is 1. The van der Waals surface area contributed by atoms with E-state index in [9.17, 15) is 18.4 Å². The van der Waals surface area contributed by atoms with Gasteiger partial charge in [0.15, 0.2) is 0 Å². The lowest BCUT2D eigenvalue weighted by Crippen LogP contribution is -2.35. The Kier molecular flexibility index (Phi) is 7.86. The van der Waals surface area contributed by atoms with Gasteiger partial charge < -0.3 is 14.6 Å². The van der Waals surface area contributed by atoms with Crippen LogP contribution in [-0.2, 0) is 31.1 Å². The highest BCUT2D eigenvalue weighted by Gasteiger charge is 2.36. The van der Waals surface area contributed by atoms with E-state index in [4.69, 9.17) is 4.74 Å². The average Bonchev–Trinajstić information content (AvgIpc) is 3.29. The molecule has 3 aromatic rings. The molecule has 0 radical (unpaired) electrons. The maximum atomic E-state index is 14.1. The summed E-state index contributed by atoms with van der Waals surface area (Å²) < 4.78 is 49.4. The Morgan fingerprint density at radius 1 is 1.23 bits per heavy atom. The summed E-state index contributed by atoms with van der Waals surface area (Å²) >= 11 is 0. The number of pyridine rings is 1. The standard InChI is InChI=1S/C28H32F3N7O/c1-18-4-3-5-38(13-18)14-20-8-24(28(29,30)31)25(34-11-20)12-33-23-7-19(10-32)6-21(9-23)26(22-15-39-16-22)27-36-35-17-37(27)2/h6-9,11,17-18,22,26,33H,3-5,12-16H2,1-2H3/t18-,26?/m0/s1. The zero-order valence-corrected chi connectivity index (χ0v) is 22.1. The van der Waals surface area contributed by atoms with E-state index in [-0.39, 0.29) is 24.1 Å². The lowest BCUT2D eigenvalue weighted by atomic mass is 9.83. The molecule has 0 bridgehead atoms. The number of halogens is 3. The van der Waals surface area contributed by atoms with Crippen LogP contribution in [0.5, 0.6) is 0 Å². The summed E-state index contributed by atoms with van der Waals surface area (Å²) in [5, 5.41) is 21.1. The van der Waals surface area contributed by atoms with Crippen LogP contribution >= 0.6 is 0 Å². The first-order valence-corrected chi connectivity index (χ1v) is 13.2. The SMILES string of the molecule is C[C@H]1CCCN(Cc2cnc(CNc3cc(C#N)cc(C(c4nncn4C)C4COC4)c3)c(C(F)(F)F)c2)C1. The predicted octanol–water partition coefficient (Wildman–Crippen LogP) is 4.72. The number of ether oxygens (including phenoxy) is 1. The van der Waals surface area contributed by atoms with Gasteiger partial charge in [-0.1, -0.05) is 6.92 Å². The highest BCUT2D eigenvalue weighted by Crippen LogP contribution is 2.37. The van der Waals surface area contributed by atoms with Gasteiger partial charge in [-0.15, -0.1) is 10.2 Å². The number of nitrogens with zero attached hydrogens (tertiary/aromatic N) is 6. The van der Waals surface area contributed by atoms with Crippen molar-refractivity contribution in [3.63, 3.8) is 0 Å². The fourth-order valence-electron chi connectivity index (χ4n) is 5.53. The predicted molar refractivity (Wildman–Crippen MR) is 139 cm³/mol. The molecule has 0 aliphatic carbocycles. The van der Waals surface area contributed by atoms with Crippen LogP contribution < -0.4 is 5.32 Å². The molecule has 4 heterocycles. The fraction of sp³-hybridized carbons (Fsp3) is 0.500. The first-order chi connectivity index (χ1) is 18.7. The molecule has 8 nitrogen and oxygen atoms in total. The summed E-state index contributed by atoms with van der Waals surface area (Å²) in [6.45, 7) is 5.36. The molecule has 2 atom stereocenters. The quantitative estimate of drug-likeness (QED) is 0.443. The third kappa shape index (κ3) is 6.23. The van der Waals surface area contributed by atoms with Crippen LogP contribution in [-0.4, -0.2) is 51.0 Å². The van der Waals surface area contributed by atoms with E-state index in [0.29, 0.717) is 42.5 Å². The van der Waals surface area contributed by atoms with Gasteiger partial charge in [0.2, 0.25) is 0 Å². The number of benzene rings is 1. The highest BCUT2D eigenvalue weighted by atomic mass is 19.4. The van der Waals surface area contributed by atoms with Crippen molar-refractivity contribution in [2.45, 2.75) is 44.9 Å². The van der Waals surface area contributed by atoms with E-state index >= 15 is 0 Å². The zero-order valence-electron chi connectivity index (χ0n) is 22.1. The average molecular weight is 540 g/mol. The van der Waals surface area contributed by atoms with Crippen molar-refractivity contribution >= 4 is 5.69 Å². The van der Waals surface area contributed by atoms with E-state index in [1.807, 2.05) is 17.7 Å².